The third kappa shape index (κ3) is 2.77. The van der Waals surface area contributed by atoms with Crippen LogP contribution in [0.15, 0.2) is 0 Å². The molecule has 0 saturated heterocycles. The van der Waals surface area contributed by atoms with E-state index in [2.05, 4.69) is 17.5 Å². The lowest BCUT2D eigenvalue weighted by Crippen LogP contribution is -2.29. The van der Waals surface area contributed by atoms with Crippen LogP contribution in [-0.4, -0.2) is 16.9 Å². The smallest absolute Gasteiger partial charge is 0.227 e. The molecule has 1 fully saturated rings. The van der Waals surface area contributed by atoms with Gasteiger partial charge in [0.25, 0.3) is 0 Å². The van der Waals surface area contributed by atoms with E-state index >= 15 is 0 Å². The van der Waals surface area contributed by atoms with Crippen molar-refractivity contribution < 1.29 is 4.79 Å². The van der Waals surface area contributed by atoms with Crippen molar-refractivity contribution >= 4 is 23.1 Å². The molecule has 1 aliphatic rings. The first-order chi connectivity index (χ1) is 4.68. The van der Waals surface area contributed by atoms with E-state index in [1.165, 1.54) is 0 Å². The molecule has 1 saturated carbocycles. The molecular weight excluding hydrogens is 148 g/mol. The van der Waals surface area contributed by atoms with Gasteiger partial charge in [0.2, 0.25) is 5.91 Å². The van der Waals surface area contributed by atoms with Crippen molar-refractivity contribution in [3.63, 3.8) is 0 Å². The molecule has 0 aliphatic heterocycles. The summed E-state index contributed by atoms with van der Waals surface area (Å²) in [5.41, 5.74) is 5.16. The summed E-state index contributed by atoms with van der Waals surface area (Å²) in [6.07, 6.45) is 2.39. The Bertz CT molecular complexity index is 165. The van der Waals surface area contributed by atoms with Crippen molar-refractivity contribution in [3.05, 3.63) is 0 Å². The molecule has 1 rings (SSSR count). The lowest BCUT2D eigenvalue weighted by atomic mass is 10.4. The second kappa shape index (κ2) is 2.96. The van der Waals surface area contributed by atoms with Gasteiger partial charge in [-0.3, -0.25) is 4.79 Å². The summed E-state index contributed by atoms with van der Waals surface area (Å²) in [4.78, 5) is 11.1. The average molecular weight is 158 g/mol. The third-order valence-electron chi connectivity index (χ3n) is 1.28. The maximum atomic E-state index is 10.8. The molecule has 3 N–H and O–H groups in total. The van der Waals surface area contributed by atoms with E-state index in [-0.39, 0.29) is 17.3 Å². The van der Waals surface area contributed by atoms with Crippen molar-refractivity contribution in [2.24, 2.45) is 5.73 Å². The maximum absolute atomic E-state index is 10.8. The molecule has 56 valence electrons. The Labute approximate surface area is 65.0 Å². The van der Waals surface area contributed by atoms with Crippen LogP contribution < -0.4 is 11.1 Å². The number of carbonyl (C=O) groups is 1. The van der Waals surface area contributed by atoms with Gasteiger partial charge >= 0.3 is 0 Å². The van der Waals surface area contributed by atoms with Gasteiger partial charge in [0.05, 0.1) is 11.4 Å². The van der Waals surface area contributed by atoms with Gasteiger partial charge < -0.3 is 11.1 Å². The molecule has 0 atom stereocenters. The minimum Gasteiger partial charge on any atom is -0.393 e. The molecule has 0 aromatic carbocycles. The first-order valence-electron chi connectivity index (χ1n) is 3.26. The molecule has 0 unspecified atom stereocenters. The zero-order valence-corrected chi connectivity index (χ0v) is 6.41. The highest BCUT2D eigenvalue weighted by molar-refractivity contribution is 7.80. The van der Waals surface area contributed by atoms with Crippen LogP contribution in [0.3, 0.4) is 0 Å². The molecule has 0 bridgehead atoms. The van der Waals surface area contributed by atoms with Crippen LogP contribution in [0.1, 0.15) is 19.3 Å². The second-order valence-electron chi connectivity index (χ2n) is 2.48. The molecular formula is C6H10N2OS. The van der Waals surface area contributed by atoms with E-state index in [0.717, 1.165) is 12.8 Å². The quantitative estimate of drug-likeness (QED) is 0.566. The number of rotatable bonds is 3. The summed E-state index contributed by atoms with van der Waals surface area (Å²) >= 11 is 4.56. The topological polar surface area (TPSA) is 55.1 Å². The minimum atomic E-state index is -0.0463. The van der Waals surface area contributed by atoms with Gasteiger partial charge in [0.1, 0.15) is 0 Å². The summed E-state index contributed by atoms with van der Waals surface area (Å²) in [5, 5.41) is 2.78. The van der Waals surface area contributed by atoms with Gasteiger partial charge in [-0.05, 0) is 12.8 Å². The number of hydrogen-bond donors (Lipinski definition) is 2. The van der Waals surface area contributed by atoms with Crippen molar-refractivity contribution in [1.82, 2.24) is 5.32 Å². The Balaban J connectivity index is 2.14. The molecule has 0 radical (unpaired) electrons. The Morgan fingerprint density at radius 1 is 1.70 bits per heavy atom. The van der Waals surface area contributed by atoms with Crippen LogP contribution in [0.4, 0.5) is 0 Å². The first-order valence-corrected chi connectivity index (χ1v) is 3.67. The fraction of sp³-hybridized carbons (Fsp3) is 0.667. The zero-order valence-electron chi connectivity index (χ0n) is 5.59. The number of nitrogens with two attached hydrogens (primary N) is 1. The van der Waals surface area contributed by atoms with Crippen molar-refractivity contribution in [3.8, 4) is 0 Å². The van der Waals surface area contributed by atoms with Crippen molar-refractivity contribution in [1.29, 1.82) is 0 Å². The molecule has 0 spiro atoms. The van der Waals surface area contributed by atoms with Crippen molar-refractivity contribution in [2.75, 3.05) is 0 Å². The molecule has 1 amide bonds. The van der Waals surface area contributed by atoms with Crippen LogP contribution in [0.25, 0.3) is 0 Å². The standard InChI is InChI=1S/C6H10N2OS/c7-5(10)3-6(9)8-4-1-2-4/h4H,1-3H2,(H2,7,10)(H,8,9). The Kier molecular flexibility index (Phi) is 2.21. The van der Waals surface area contributed by atoms with E-state index in [0.29, 0.717) is 6.04 Å². The summed E-state index contributed by atoms with van der Waals surface area (Å²) in [6.45, 7) is 0. The van der Waals surface area contributed by atoms with Crippen LogP contribution in [0, 0.1) is 0 Å². The highest BCUT2D eigenvalue weighted by Crippen LogP contribution is 2.18. The monoisotopic (exact) mass is 158 g/mol. The van der Waals surface area contributed by atoms with Crippen LogP contribution in [0.5, 0.6) is 0 Å². The van der Waals surface area contributed by atoms with Gasteiger partial charge in [0.15, 0.2) is 0 Å². The normalized spacial score (nSPS) is 16.4. The second-order valence-corrected chi connectivity index (χ2v) is 3.01. The van der Waals surface area contributed by atoms with Crippen LogP contribution in [-0.2, 0) is 4.79 Å². The number of amides is 1. The number of carbonyl (C=O) groups excluding carboxylic acids is 1. The van der Waals surface area contributed by atoms with Gasteiger partial charge in [-0.25, -0.2) is 0 Å². The summed E-state index contributed by atoms with van der Waals surface area (Å²) in [5.74, 6) is -0.0463. The molecule has 4 heteroatoms. The SMILES string of the molecule is NC(=S)CC(=O)NC1CC1. The molecule has 10 heavy (non-hydrogen) atoms. The number of thiocarbonyl (C=S) groups is 1. The van der Waals surface area contributed by atoms with Crippen LogP contribution in [0.2, 0.25) is 0 Å². The largest absolute Gasteiger partial charge is 0.393 e. The third-order valence-corrected chi connectivity index (χ3v) is 1.42. The predicted molar refractivity (Wildman–Crippen MR) is 42.6 cm³/mol. The van der Waals surface area contributed by atoms with E-state index in [9.17, 15) is 4.79 Å². The highest BCUT2D eigenvalue weighted by Gasteiger charge is 2.22. The molecule has 1 aliphatic carbocycles. The van der Waals surface area contributed by atoms with E-state index in [1.54, 1.807) is 0 Å². The highest BCUT2D eigenvalue weighted by atomic mass is 32.1. The van der Waals surface area contributed by atoms with E-state index in [1.807, 2.05) is 0 Å². The lowest BCUT2D eigenvalue weighted by Gasteiger charge is -1.99. The van der Waals surface area contributed by atoms with Gasteiger partial charge in [-0.2, -0.15) is 0 Å². The molecule has 0 heterocycles. The summed E-state index contributed by atoms with van der Waals surface area (Å²) < 4.78 is 0. The predicted octanol–water partition coefficient (Wildman–Crippen LogP) is -0.0588. The van der Waals surface area contributed by atoms with Gasteiger partial charge in [-0.1, -0.05) is 12.2 Å². The van der Waals surface area contributed by atoms with E-state index in [4.69, 9.17) is 5.73 Å². The Morgan fingerprint density at radius 3 is 2.70 bits per heavy atom. The fourth-order valence-corrected chi connectivity index (χ4v) is 0.796. The van der Waals surface area contributed by atoms with Crippen LogP contribution >= 0.6 is 12.2 Å². The maximum Gasteiger partial charge on any atom is 0.227 e. The lowest BCUT2D eigenvalue weighted by molar-refractivity contribution is -0.120. The van der Waals surface area contributed by atoms with E-state index < -0.39 is 0 Å². The average Bonchev–Trinajstić information content (AvgIpc) is 2.46. The molecule has 0 aromatic rings. The minimum absolute atomic E-state index is 0.0463. The first kappa shape index (κ1) is 7.47. The van der Waals surface area contributed by atoms with Crippen molar-refractivity contribution in [2.45, 2.75) is 25.3 Å². The fourth-order valence-electron chi connectivity index (χ4n) is 0.665. The summed E-state index contributed by atoms with van der Waals surface area (Å²) in [6, 6.07) is 0.404. The van der Waals surface area contributed by atoms with Gasteiger partial charge in [0, 0.05) is 6.04 Å². The number of nitrogens with one attached hydrogen (secondary N) is 1. The molecule has 3 nitrogen and oxygen atoms in total. The zero-order chi connectivity index (χ0) is 7.56. The Morgan fingerprint density at radius 2 is 2.30 bits per heavy atom. The molecule has 0 aromatic heterocycles. The number of hydrogen-bond acceptors (Lipinski definition) is 2. The van der Waals surface area contributed by atoms with Gasteiger partial charge in [-0.15, -0.1) is 0 Å². The summed E-state index contributed by atoms with van der Waals surface area (Å²) in [7, 11) is 0. The Hall–Kier alpha value is -0.640.